The number of hydrogen-bond acceptors (Lipinski definition) is 5. The zero-order valence-corrected chi connectivity index (χ0v) is 11.9. The molecule has 19 heavy (non-hydrogen) atoms. The maximum atomic E-state index is 11.8. The van der Waals surface area contributed by atoms with E-state index in [0.717, 1.165) is 10.7 Å². The minimum absolute atomic E-state index is 0.101. The fraction of sp³-hybridized carbons (Fsp3) is 0.455. The lowest BCUT2D eigenvalue weighted by molar-refractivity contribution is -0.113. The first-order valence-electron chi connectivity index (χ1n) is 5.90. The second-order valence-corrected chi connectivity index (χ2v) is 5.32. The Morgan fingerprint density at radius 1 is 1.58 bits per heavy atom. The number of nitrogens with zero attached hydrogens (tertiary/aromatic N) is 4. The predicted molar refractivity (Wildman–Crippen MR) is 73.1 cm³/mol. The summed E-state index contributed by atoms with van der Waals surface area (Å²) in [6.07, 6.45) is 3.34. The second-order valence-electron chi connectivity index (χ2n) is 4.38. The van der Waals surface area contributed by atoms with Gasteiger partial charge in [-0.3, -0.25) is 9.89 Å². The van der Waals surface area contributed by atoms with E-state index < -0.39 is 0 Å². The lowest BCUT2D eigenvalue weighted by Crippen LogP contribution is -2.15. The Bertz CT molecular complexity index is 561. The molecule has 0 bridgehead atoms. The first-order chi connectivity index (χ1) is 9.08. The Balaban J connectivity index is 1.90. The van der Waals surface area contributed by atoms with Crippen LogP contribution in [0, 0.1) is 6.92 Å². The largest absolute Gasteiger partial charge is 0.310 e. The van der Waals surface area contributed by atoms with Crippen LogP contribution >= 0.6 is 11.8 Å². The second kappa shape index (κ2) is 5.87. The van der Waals surface area contributed by atoms with Crippen LogP contribution in [0.25, 0.3) is 0 Å². The van der Waals surface area contributed by atoms with Gasteiger partial charge < -0.3 is 9.88 Å². The van der Waals surface area contributed by atoms with E-state index in [4.69, 9.17) is 0 Å². The lowest BCUT2D eigenvalue weighted by atomic mass is 10.4. The molecule has 2 rings (SSSR count). The minimum atomic E-state index is -0.101. The van der Waals surface area contributed by atoms with Crippen molar-refractivity contribution in [3.05, 3.63) is 18.1 Å². The van der Waals surface area contributed by atoms with Crippen LogP contribution in [0.3, 0.4) is 0 Å². The van der Waals surface area contributed by atoms with Crippen molar-refractivity contribution in [1.29, 1.82) is 0 Å². The van der Waals surface area contributed by atoms with Gasteiger partial charge in [-0.05, 0) is 20.8 Å². The Morgan fingerprint density at radius 3 is 3.00 bits per heavy atom. The van der Waals surface area contributed by atoms with E-state index in [0.29, 0.717) is 5.82 Å². The summed E-state index contributed by atoms with van der Waals surface area (Å²) < 4.78 is 1.93. The molecule has 0 aromatic carbocycles. The number of thioether (sulfide) groups is 1. The molecule has 0 aliphatic carbocycles. The molecule has 0 fully saturated rings. The maximum absolute atomic E-state index is 11.8. The Hall–Kier alpha value is -1.83. The number of carbonyl (C=O) groups excluding carboxylic acids is 1. The number of aromatic amines is 1. The third kappa shape index (κ3) is 3.34. The molecule has 102 valence electrons. The zero-order valence-electron chi connectivity index (χ0n) is 11.0. The van der Waals surface area contributed by atoms with Crippen molar-refractivity contribution in [2.24, 2.45) is 0 Å². The molecule has 2 N–H and O–H groups in total. The first kappa shape index (κ1) is 13.6. The standard InChI is InChI=1S/C11H16N6OS/c1-7(2)17-6-13-16-11(17)19-5-9(18)14-10-8(3)4-12-15-10/h4,6-7H,5H2,1-3H3,(H2,12,14,15,18). The number of aromatic nitrogens is 5. The van der Waals surface area contributed by atoms with Crippen LogP contribution in [0.5, 0.6) is 0 Å². The maximum Gasteiger partial charge on any atom is 0.235 e. The lowest BCUT2D eigenvalue weighted by Gasteiger charge is -2.09. The van der Waals surface area contributed by atoms with Gasteiger partial charge in [0.25, 0.3) is 0 Å². The highest BCUT2D eigenvalue weighted by Gasteiger charge is 2.11. The number of H-pyrrole nitrogens is 1. The number of anilines is 1. The van der Waals surface area contributed by atoms with Crippen LogP contribution in [0.1, 0.15) is 25.5 Å². The summed E-state index contributed by atoms with van der Waals surface area (Å²) in [5, 5.41) is 17.9. The van der Waals surface area contributed by atoms with E-state index in [9.17, 15) is 4.79 Å². The minimum Gasteiger partial charge on any atom is -0.310 e. The molecule has 0 saturated carbocycles. The highest BCUT2D eigenvalue weighted by Crippen LogP contribution is 2.19. The van der Waals surface area contributed by atoms with Gasteiger partial charge >= 0.3 is 0 Å². The molecule has 2 aromatic rings. The van der Waals surface area contributed by atoms with Gasteiger partial charge in [-0.25, -0.2) is 0 Å². The van der Waals surface area contributed by atoms with Gasteiger partial charge in [0.1, 0.15) is 12.1 Å². The zero-order chi connectivity index (χ0) is 13.8. The molecular formula is C11H16N6OS. The molecule has 2 heterocycles. The van der Waals surface area contributed by atoms with Crippen LogP contribution in [-0.4, -0.2) is 36.6 Å². The summed E-state index contributed by atoms with van der Waals surface area (Å²) in [6.45, 7) is 5.96. The van der Waals surface area contributed by atoms with E-state index >= 15 is 0 Å². The van der Waals surface area contributed by atoms with Gasteiger partial charge in [0.15, 0.2) is 5.16 Å². The highest BCUT2D eigenvalue weighted by molar-refractivity contribution is 7.99. The van der Waals surface area contributed by atoms with E-state index in [1.807, 2.05) is 25.3 Å². The number of aryl methyl sites for hydroxylation is 1. The molecule has 1 amide bonds. The third-order valence-electron chi connectivity index (χ3n) is 2.52. The van der Waals surface area contributed by atoms with E-state index in [-0.39, 0.29) is 17.7 Å². The molecule has 0 unspecified atom stereocenters. The van der Waals surface area contributed by atoms with Crippen molar-refractivity contribution in [2.45, 2.75) is 32.0 Å². The summed E-state index contributed by atoms with van der Waals surface area (Å²) >= 11 is 1.36. The number of amides is 1. The third-order valence-corrected chi connectivity index (χ3v) is 3.48. The summed E-state index contributed by atoms with van der Waals surface area (Å²) in [4.78, 5) is 11.8. The van der Waals surface area contributed by atoms with E-state index in [2.05, 4.69) is 25.7 Å². The number of rotatable bonds is 5. The van der Waals surface area contributed by atoms with Crippen molar-refractivity contribution in [3.63, 3.8) is 0 Å². The predicted octanol–water partition coefficient (Wildman–Crippen LogP) is 1.62. The summed E-state index contributed by atoms with van der Waals surface area (Å²) in [5.74, 6) is 0.815. The SMILES string of the molecule is Cc1cn[nH]c1NC(=O)CSc1nncn1C(C)C. The molecule has 0 aliphatic heterocycles. The average Bonchev–Trinajstić information content (AvgIpc) is 2.96. The first-order valence-corrected chi connectivity index (χ1v) is 6.88. The van der Waals surface area contributed by atoms with E-state index in [1.165, 1.54) is 11.8 Å². The van der Waals surface area contributed by atoms with Crippen LogP contribution in [-0.2, 0) is 4.79 Å². The highest BCUT2D eigenvalue weighted by atomic mass is 32.2. The fourth-order valence-corrected chi connectivity index (χ4v) is 2.31. The number of carbonyl (C=O) groups is 1. The molecule has 0 radical (unpaired) electrons. The normalized spacial score (nSPS) is 10.9. The van der Waals surface area contributed by atoms with Crippen LogP contribution < -0.4 is 5.32 Å². The average molecular weight is 280 g/mol. The summed E-state index contributed by atoms with van der Waals surface area (Å²) in [5.41, 5.74) is 0.906. The van der Waals surface area contributed by atoms with Crippen LogP contribution in [0.15, 0.2) is 17.7 Å². The van der Waals surface area contributed by atoms with Crippen molar-refractivity contribution < 1.29 is 4.79 Å². The van der Waals surface area contributed by atoms with Gasteiger partial charge in [0.05, 0.1) is 11.9 Å². The molecule has 0 atom stereocenters. The van der Waals surface area contributed by atoms with Gasteiger partial charge in [-0.2, -0.15) is 5.10 Å². The quantitative estimate of drug-likeness (QED) is 0.812. The summed E-state index contributed by atoms with van der Waals surface area (Å²) in [7, 11) is 0. The van der Waals surface area contributed by atoms with Crippen molar-refractivity contribution in [2.75, 3.05) is 11.1 Å². The van der Waals surface area contributed by atoms with E-state index in [1.54, 1.807) is 12.5 Å². The summed E-state index contributed by atoms with van der Waals surface area (Å²) in [6, 6.07) is 0.274. The fourth-order valence-electron chi connectivity index (χ4n) is 1.47. The van der Waals surface area contributed by atoms with Crippen molar-refractivity contribution in [3.8, 4) is 0 Å². The topological polar surface area (TPSA) is 88.5 Å². The van der Waals surface area contributed by atoms with Gasteiger partial charge in [0.2, 0.25) is 5.91 Å². The van der Waals surface area contributed by atoms with Gasteiger partial charge in [-0.1, -0.05) is 11.8 Å². The molecule has 7 nitrogen and oxygen atoms in total. The molecule has 0 aliphatic rings. The van der Waals surface area contributed by atoms with Gasteiger partial charge in [0, 0.05) is 11.6 Å². The monoisotopic (exact) mass is 280 g/mol. The van der Waals surface area contributed by atoms with Gasteiger partial charge in [-0.15, -0.1) is 10.2 Å². The molecule has 0 spiro atoms. The number of hydrogen-bond donors (Lipinski definition) is 2. The smallest absolute Gasteiger partial charge is 0.235 e. The molecule has 8 heteroatoms. The molecule has 2 aromatic heterocycles. The van der Waals surface area contributed by atoms with Crippen molar-refractivity contribution >= 4 is 23.5 Å². The Kier molecular flexibility index (Phi) is 4.20. The van der Waals surface area contributed by atoms with Crippen molar-refractivity contribution in [1.82, 2.24) is 25.0 Å². The van der Waals surface area contributed by atoms with Crippen LogP contribution in [0.2, 0.25) is 0 Å². The number of nitrogens with one attached hydrogen (secondary N) is 2. The molecular weight excluding hydrogens is 264 g/mol. The molecule has 0 saturated heterocycles. The van der Waals surface area contributed by atoms with Crippen LogP contribution in [0.4, 0.5) is 5.82 Å². The Labute approximate surface area is 115 Å². The Morgan fingerprint density at radius 2 is 2.37 bits per heavy atom.